The van der Waals surface area contributed by atoms with Gasteiger partial charge in [-0.05, 0) is 36.2 Å². The van der Waals surface area contributed by atoms with Crippen molar-refractivity contribution in [2.75, 3.05) is 19.7 Å². The third-order valence-electron chi connectivity index (χ3n) is 4.49. The molecule has 4 heteroatoms. The molecule has 0 spiro atoms. The van der Waals surface area contributed by atoms with E-state index in [0.717, 1.165) is 31.9 Å². The van der Waals surface area contributed by atoms with E-state index in [1.165, 1.54) is 22.0 Å². The second-order valence-electron chi connectivity index (χ2n) is 6.21. The maximum Gasteiger partial charge on any atom is 0.112 e. The largest absolute Gasteiger partial charge is 0.369 e. The van der Waals surface area contributed by atoms with Crippen molar-refractivity contribution in [1.82, 2.24) is 14.9 Å². The molecule has 1 saturated heterocycles. The van der Waals surface area contributed by atoms with E-state index >= 15 is 0 Å². The normalized spacial score (nSPS) is 19.3. The van der Waals surface area contributed by atoms with Crippen molar-refractivity contribution in [2.45, 2.75) is 19.6 Å². The molecule has 1 fully saturated rings. The summed E-state index contributed by atoms with van der Waals surface area (Å²) < 4.78 is 5.93. The number of hydrogen-bond acceptors (Lipinski definition) is 3. The molecule has 3 aromatic rings. The molecule has 0 aliphatic carbocycles. The first-order chi connectivity index (χ1) is 11.3. The van der Waals surface area contributed by atoms with Crippen LogP contribution in [-0.4, -0.2) is 34.6 Å². The molecule has 1 atom stereocenters. The summed E-state index contributed by atoms with van der Waals surface area (Å²) in [5.41, 5.74) is 4.77. The Morgan fingerprint density at radius 3 is 3.09 bits per heavy atom. The average Bonchev–Trinajstić information content (AvgIpc) is 3.06. The number of aromatic amines is 1. The second-order valence-corrected chi connectivity index (χ2v) is 6.21. The van der Waals surface area contributed by atoms with Crippen molar-refractivity contribution < 1.29 is 4.74 Å². The third-order valence-corrected chi connectivity index (χ3v) is 4.49. The molecule has 0 radical (unpaired) electrons. The highest BCUT2D eigenvalue weighted by Crippen LogP contribution is 2.24. The molecule has 1 N–H and O–H groups in total. The maximum atomic E-state index is 5.93. The highest BCUT2D eigenvalue weighted by Gasteiger charge is 2.23. The Kier molecular flexibility index (Phi) is 3.85. The van der Waals surface area contributed by atoms with Gasteiger partial charge in [-0.1, -0.05) is 18.2 Å². The summed E-state index contributed by atoms with van der Waals surface area (Å²) in [4.78, 5) is 10.3. The van der Waals surface area contributed by atoms with Gasteiger partial charge in [-0.2, -0.15) is 0 Å². The first kappa shape index (κ1) is 14.4. The van der Waals surface area contributed by atoms with Crippen molar-refractivity contribution in [2.24, 2.45) is 0 Å². The number of ether oxygens (including phenoxy) is 1. The molecule has 1 aromatic carbocycles. The van der Waals surface area contributed by atoms with Crippen molar-refractivity contribution in [3.8, 4) is 0 Å². The van der Waals surface area contributed by atoms with Crippen LogP contribution in [0.5, 0.6) is 0 Å². The van der Waals surface area contributed by atoms with E-state index in [1.807, 2.05) is 12.4 Å². The Morgan fingerprint density at radius 2 is 2.22 bits per heavy atom. The summed E-state index contributed by atoms with van der Waals surface area (Å²) in [5, 5.41) is 1.31. The van der Waals surface area contributed by atoms with Gasteiger partial charge in [0.05, 0.1) is 12.3 Å². The zero-order chi connectivity index (χ0) is 15.6. The number of rotatable bonds is 3. The predicted octanol–water partition coefficient (Wildman–Crippen LogP) is 3.44. The number of H-pyrrole nitrogens is 1. The summed E-state index contributed by atoms with van der Waals surface area (Å²) in [7, 11) is 0. The van der Waals surface area contributed by atoms with Crippen LogP contribution in [0.2, 0.25) is 0 Å². The molecule has 0 unspecified atom stereocenters. The van der Waals surface area contributed by atoms with Gasteiger partial charge in [0.25, 0.3) is 0 Å². The smallest absolute Gasteiger partial charge is 0.112 e. The molecular formula is C19H21N3O. The molecule has 3 heterocycles. The van der Waals surface area contributed by atoms with Gasteiger partial charge in [0.2, 0.25) is 0 Å². The molecule has 4 nitrogen and oxygen atoms in total. The first-order valence-electron chi connectivity index (χ1n) is 8.11. The van der Waals surface area contributed by atoms with Gasteiger partial charge < -0.3 is 9.72 Å². The van der Waals surface area contributed by atoms with E-state index in [1.54, 1.807) is 0 Å². The SMILES string of the molecule is Cc1ccc([C@@H]2CN(Cc3cccc4[nH]ccc34)CCO2)nc1. The number of aromatic nitrogens is 2. The number of pyridine rings is 1. The fourth-order valence-corrected chi connectivity index (χ4v) is 3.22. The van der Waals surface area contributed by atoms with Gasteiger partial charge >= 0.3 is 0 Å². The Labute approximate surface area is 136 Å². The lowest BCUT2D eigenvalue weighted by Crippen LogP contribution is -2.38. The number of nitrogens with zero attached hydrogens (tertiary/aromatic N) is 2. The molecule has 23 heavy (non-hydrogen) atoms. The molecule has 0 saturated carbocycles. The van der Waals surface area contributed by atoms with E-state index in [2.05, 4.69) is 58.2 Å². The molecule has 0 bridgehead atoms. The van der Waals surface area contributed by atoms with E-state index in [9.17, 15) is 0 Å². The van der Waals surface area contributed by atoms with Crippen molar-refractivity contribution in [1.29, 1.82) is 0 Å². The van der Waals surface area contributed by atoms with Crippen LogP contribution in [0.15, 0.2) is 48.8 Å². The van der Waals surface area contributed by atoms with Crippen LogP contribution in [0.4, 0.5) is 0 Å². The van der Waals surface area contributed by atoms with Gasteiger partial charge in [0, 0.05) is 42.9 Å². The minimum Gasteiger partial charge on any atom is -0.369 e. The quantitative estimate of drug-likeness (QED) is 0.806. The van der Waals surface area contributed by atoms with Crippen LogP contribution >= 0.6 is 0 Å². The number of fused-ring (bicyclic) bond motifs is 1. The monoisotopic (exact) mass is 307 g/mol. The highest BCUT2D eigenvalue weighted by atomic mass is 16.5. The molecule has 0 amide bonds. The number of aryl methyl sites for hydroxylation is 1. The van der Waals surface area contributed by atoms with Gasteiger partial charge in [-0.15, -0.1) is 0 Å². The molecule has 4 rings (SSSR count). The van der Waals surface area contributed by atoms with Crippen LogP contribution in [0, 0.1) is 6.92 Å². The molecular weight excluding hydrogens is 286 g/mol. The lowest BCUT2D eigenvalue weighted by Gasteiger charge is -2.32. The Hall–Kier alpha value is -2.17. The van der Waals surface area contributed by atoms with Crippen molar-refractivity contribution in [3.63, 3.8) is 0 Å². The topological polar surface area (TPSA) is 41.2 Å². The predicted molar refractivity (Wildman–Crippen MR) is 91.2 cm³/mol. The van der Waals surface area contributed by atoms with E-state index < -0.39 is 0 Å². The Morgan fingerprint density at radius 1 is 1.26 bits per heavy atom. The number of nitrogens with one attached hydrogen (secondary N) is 1. The lowest BCUT2D eigenvalue weighted by molar-refractivity contribution is -0.0348. The van der Waals surface area contributed by atoms with Crippen molar-refractivity contribution >= 4 is 10.9 Å². The number of hydrogen-bond donors (Lipinski definition) is 1. The van der Waals surface area contributed by atoms with Gasteiger partial charge in [0.15, 0.2) is 0 Å². The zero-order valence-corrected chi connectivity index (χ0v) is 13.3. The Bertz CT molecular complexity index is 794. The molecule has 1 aliphatic heterocycles. The zero-order valence-electron chi connectivity index (χ0n) is 13.3. The summed E-state index contributed by atoms with van der Waals surface area (Å²) in [6.45, 7) is 5.60. The summed E-state index contributed by atoms with van der Waals surface area (Å²) in [6, 6.07) is 12.8. The van der Waals surface area contributed by atoms with Crippen LogP contribution in [-0.2, 0) is 11.3 Å². The molecule has 2 aromatic heterocycles. The maximum absolute atomic E-state index is 5.93. The summed E-state index contributed by atoms with van der Waals surface area (Å²) in [5.74, 6) is 0. The highest BCUT2D eigenvalue weighted by molar-refractivity contribution is 5.82. The molecule has 118 valence electrons. The van der Waals surface area contributed by atoms with E-state index in [0.29, 0.717) is 0 Å². The average molecular weight is 307 g/mol. The van der Waals surface area contributed by atoms with Crippen LogP contribution in [0.3, 0.4) is 0 Å². The summed E-state index contributed by atoms with van der Waals surface area (Å²) >= 11 is 0. The van der Waals surface area contributed by atoms with Crippen LogP contribution in [0.1, 0.15) is 22.9 Å². The van der Waals surface area contributed by atoms with Gasteiger partial charge in [-0.3, -0.25) is 9.88 Å². The first-order valence-corrected chi connectivity index (χ1v) is 8.11. The minimum atomic E-state index is 0.0646. The van der Waals surface area contributed by atoms with E-state index in [4.69, 9.17) is 4.74 Å². The van der Waals surface area contributed by atoms with Crippen LogP contribution in [0.25, 0.3) is 10.9 Å². The molecule has 1 aliphatic rings. The fourth-order valence-electron chi connectivity index (χ4n) is 3.22. The summed E-state index contributed by atoms with van der Waals surface area (Å²) in [6.07, 6.45) is 3.99. The van der Waals surface area contributed by atoms with Gasteiger partial charge in [-0.25, -0.2) is 0 Å². The minimum absolute atomic E-state index is 0.0646. The standard InChI is InChI=1S/C19H21N3O/c1-14-5-6-18(21-11-14)19-13-22(9-10-23-19)12-15-3-2-4-17-16(15)7-8-20-17/h2-8,11,19-20H,9-10,12-13H2,1H3/t19-/m0/s1. The number of benzene rings is 1. The fraction of sp³-hybridized carbons (Fsp3) is 0.316. The third kappa shape index (κ3) is 3.00. The Balaban J connectivity index is 1.51. The van der Waals surface area contributed by atoms with Crippen molar-refractivity contribution in [3.05, 3.63) is 65.6 Å². The number of morpholine rings is 1. The lowest BCUT2D eigenvalue weighted by atomic mass is 10.1. The second kappa shape index (κ2) is 6.14. The van der Waals surface area contributed by atoms with E-state index in [-0.39, 0.29) is 6.10 Å². The van der Waals surface area contributed by atoms with Crippen LogP contribution < -0.4 is 0 Å². The van der Waals surface area contributed by atoms with Gasteiger partial charge in [0.1, 0.15) is 6.10 Å².